The average Bonchev–Trinajstić information content (AvgIpc) is 3.48. The summed E-state index contributed by atoms with van der Waals surface area (Å²) in [6, 6.07) is 11.4. The summed E-state index contributed by atoms with van der Waals surface area (Å²) in [6.07, 6.45) is 8.14. The van der Waals surface area contributed by atoms with Crippen molar-refractivity contribution in [2.75, 3.05) is 37.6 Å². The fourth-order valence-corrected chi connectivity index (χ4v) is 5.77. The van der Waals surface area contributed by atoms with Gasteiger partial charge < -0.3 is 15.5 Å². The van der Waals surface area contributed by atoms with Crippen molar-refractivity contribution in [2.45, 2.75) is 38.1 Å². The van der Waals surface area contributed by atoms with Crippen molar-refractivity contribution in [2.24, 2.45) is 5.92 Å². The molecule has 3 aromatic rings. The van der Waals surface area contributed by atoms with Crippen molar-refractivity contribution in [3.8, 4) is 11.1 Å². The summed E-state index contributed by atoms with van der Waals surface area (Å²) in [5.41, 5.74) is 2.51. The molecule has 4 heterocycles. The van der Waals surface area contributed by atoms with Crippen molar-refractivity contribution in [1.29, 1.82) is 0 Å². The van der Waals surface area contributed by atoms with Gasteiger partial charge in [0.2, 0.25) is 0 Å². The van der Waals surface area contributed by atoms with Crippen LogP contribution in [-0.2, 0) is 0 Å². The normalized spacial score (nSPS) is 20.3. The van der Waals surface area contributed by atoms with Gasteiger partial charge in [-0.05, 0) is 63.2 Å². The maximum absolute atomic E-state index is 4.73. The largest absolute Gasteiger partial charge is 0.356 e. The summed E-state index contributed by atoms with van der Waals surface area (Å²) in [6.45, 7) is 5.64. The highest BCUT2D eigenvalue weighted by Crippen LogP contribution is 2.38. The highest BCUT2D eigenvalue weighted by atomic mass is 32.1. The van der Waals surface area contributed by atoms with Gasteiger partial charge in [0.15, 0.2) is 0 Å². The van der Waals surface area contributed by atoms with Crippen molar-refractivity contribution < 1.29 is 0 Å². The van der Waals surface area contributed by atoms with Crippen LogP contribution in [0.4, 0.5) is 5.82 Å². The molecule has 2 fully saturated rings. The molecule has 2 N–H and O–H groups in total. The number of piperidine rings is 1. The SMILES string of the molecule is c1ccc(-c2csc3ncnc(N4CCC(CNCCC5CCCN5)CC4)c23)cc1. The Morgan fingerprint density at radius 3 is 2.77 bits per heavy atom. The van der Waals surface area contributed by atoms with E-state index in [4.69, 9.17) is 4.98 Å². The van der Waals surface area contributed by atoms with Crippen LogP contribution in [0, 0.1) is 5.92 Å². The van der Waals surface area contributed by atoms with Crippen molar-refractivity contribution in [1.82, 2.24) is 20.6 Å². The first-order valence-electron chi connectivity index (χ1n) is 11.3. The van der Waals surface area contributed by atoms with Crippen LogP contribution >= 0.6 is 11.3 Å². The number of fused-ring (bicyclic) bond motifs is 1. The van der Waals surface area contributed by atoms with Crippen molar-refractivity contribution in [3.05, 3.63) is 42.0 Å². The van der Waals surface area contributed by atoms with Gasteiger partial charge in [-0.25, -0.2) is 9.97 Å². The molecule has 5 nitrogen and oxygen atoms in total. The Kier molecular flexibility index (Phi) is 6.25. The summed E-state index contributed by atoms with van der Waals surface area (Å²) in [5, 5.41) is 10.7. The lowest BCUT2D eigenvalue weighted by atomic mass is 9.96. The molecule has 0 bridgehead atoms. The summed E-state index contributed by atoms with van der Waals surface area (Å²) < 4.78 is 0. The molecule has 2 aliphatic rings. The van der Waals surface area contributed by atoms with E-state index < -0.39 is 0 Å². The van der Waals surface area contributed by atoms with Gasteiger partial charge in [-0.1, -0.05) is 30.3 Å². The van der Waals surface area contributed by atoms with Gasteiger partial charge in [0.1, 0.15) is 17.0 Å². The maximum Gasteiger partial charge on any atom is 0.141 e. The molecular weight excluding hydrogens is 390 g/mol. The summed E-state index contributed by atoms with van der Waals surface area (Å²) in [7, 11) is 0. The van der Waals surface area contributed by atoms with E-state index in [-0.39, 0.29) is 0 Å². The van der Waals surface area contributed by atoms with E-state index in [2.05, 4.69) is 56.2 Å². The van der Waals surface area contributed by atoms with E-state index in [9.17, 15) is 0 Å². The lowest BCUT2D eigenvalue weighted by Gasteiger charge is -2.33. The van der Waals surface area contributed by atoms with Gasteiger partial charge in [0, 0.05) is 30.1 Å². The second kappa shape index (κ2) is 9.41. The second-order valence-corrected chi connectivity index (χ2v) is 9.47. The average molecular weight is 422 g/mol. The summed E-state index contributed by atoms with van der Waals surface area (Å²) >= 11 is 1.72. The van der Waals surface area contributed by atoms with Gasteiger partial charge in [-0.2, -0.15) is 0 Å². The third-order valence-electron chi connectivity index (χ3n) is 6.61. The third kappa shape index (κ3) is 4.36. The lowest BCUT2D eigenvalue weighted by molar-refractivity contribution is 0.377. The monoisotopic (exact) mass is 421 g/mol. The van der Waals surface area contributed by atoms with Crippen LogP contribution in [0.1, 0.15) is 32.1 Å². The van der Waals surface area contributed by atoms with Crippen LogP contribution in [-0.4, -0.2) is 48.7 Å². The molecule has 0 saturated carbocycles. The van der Waals surface area contributed by atoms with Crippen molar-refractivity contribution in [3.63, 3.8) is 0 Å². The number of anilines is 1. The molecule has 2 aromatic heterocycles. The van der Waals surface area contributed by atoms with E-state index in [0.717, 1.165) is 48.8 Å². The van der Waals surface area contributed by atoms with E-state index in [1.807, 2.05) is 0 Å². The van der Waals surface area contributed by atoms with Crippen LogP contribution in [0.15, 0.2) is 42.0 Å². The van der Waals surface area contributed by atoms with Gasteiger partial charge in [0.05, 0.1) is 5.39 Å². The fraction of sp³-hybridized carbons (Fsp3) is 0.500. The molecule has 0 radical (unpaired) electrons. The highest BCUT2D eigenvalue weighted by molar-refractivity contribution is 7.17. The lowest BCUT2D eigenvalue weighted by Crippen LogP contribution is -2.38. The molecule has 2 saturated heterocycles. The predicted molar refractivity (Wildman–Crippen MR) is 126 cm³/mol. The Morgan fingerprint density at radius 2 is 1.97 bits per heavy atom. The topological polar surface area (TPSA) is 53.1 Å². The van der Waals surface area contributed by atoms with Gasteiger partial charge in [0.25, 0.3) is 0 Å². The van der Waals surface area contributed by atoms with E-state index >= 15 is 0 Å². The molecule has 1 aromatic carbocycles. The smallest absolute Gasteiger partial charge is 0.141 e. The minimum Gasteiger partial charge on any atom is -0.356 e. The van der Waals surface area contributed by atoms with Gasteiger partial charge in [-0.3, -0.25) is 0 Å². The van der Waals surface area contributed by atoms with Crippen LogP contribution in [0.25, 0.3) is 21.3 Å². The Labute approximate surface area is 182 Å². The van der Waals surface area contributed by atoms with E-state index in [1.165, 1.54) is 55.2 Å². The zero-order valence-corrected chi connectivity index (χ0v) is 18.3. The molecule has 158 valence electrons. The maximum atomic E-state index is 4.73. The number of rotatable bonds is 7. The minimum absolute atomic E-state index is 0.740. The molecule has 30 heavy (non-hydrogen) atoms. The Balaban J connectivity index is 1.21. The number of thiophene rings is 1. The number of aromatic nitrogens is 2. The first kappa shape index (κ1) is 19.9. The predicted octanol–water partition coefficient (Wildman–Crippen LogP) is 4.31. The molecule has 5 rings (SSSR count). The number of nitrogens with one attached hydrogen (secondary N) is 2. The van der Waals surface area contributed by atoms with E-state index in [0.29, 0.717) is 0 Å². The number of hydrogen-bond acceptors (Lipinski definition) is 6. The number of benzene rings is 1. The van der Waals surface area contributed by atoms with Crippen LogP contribution in [0.5, 0.6) is 0 Å². The second-order valence-electron chi connectivity index (χ2n) is 8.61. The number of nitrogens with zero attached hydrogens (tertiary/aromatic N) is 3. The zero-order chi connectivity index (χ0) is 20.2. The standard InChI is InChI=1S/C24H31N5S/c1-2-5-19(6-3-1)21-16-30-24-22(21)23(27-17-28-24)29-13-9-18(10-14-29)15-25-12-8-20-7-4-11-26-20/h1-3,5-6,16-18,20,25-26H,4,7-15H2. The molecule has 6 heteroatoms. The van der Waals surface area contributed by atoms with Crippen molar-refractivity contribution >= 4 is 27.4 Å². The van der Waals surface area contributed by atoms with Gasteiger partial charge >= 0.3 is 0 Å². The van der Waals surface area contributed by atoms with Gasteiger partial charge in [-0.15, -0.1) is 11.3 Å². The zero-order valence-electron chi connectivity index (χ0n) is 17.5. The van der Waals surface area contributed by atoms with E-state index in [1.54, 1.807) is 17.7 Å². The Bertz CT molecular complexity index is 943. The molecule has 0 aliphatic carbocycles. The molecule has 1 atom stereocenters. The first-order valence-corrected chi connectivity index (χ1v) is 12.2. The van der Waals surface area contributed by atoms with Crippen LogP contribution in [0.2, 0.25) is 0 Å². The molecular formula is C24H31N5S. The Hall–Kier alpha value is -2.02. The Morgan fingerprint density at radius 1 is 1.10 bits per heavy atom. The fourth-order valence-electron chi connectivity index (χ4n) is 4.86. The molecule has 2 aliphatic heterocycles. The quantitative estimate of drug-likeness (QED) is 0.557. The minimum atomic E-state index is 0.740. The summed E-state index contributed by atoms with van der Waals surface area (Å²) in [5.74, 6) is 1.88. The molecule has 0 spiro atoms. The summed E-state index contributed by atoms with van der Waals surface area (Å²) in [4.78, 5) is 12.8. The molecule has 0 amide bonds. The third-order valence-corrected chi connectivity index (χ3v) is 7.50. The van der Waals surface area contributed by atoms with Crippen LogP contribution in [0.3, 0.4) is 0 Å². The molecule has 1 unspecified atom stereocenters. The van der Waals surface area contributed by atoms with Crippen LogP contribution < -0.4 is 15.5 Å². The first-order chi connectivity index (χ1) is 14.9. The number of hydrogen-bond donors (Lipinski definition) is 2. The highest BCUT2D eigenvalue weighted by Gasteiger charge is 2.23.